The highest BCUT2D eigenvalue weighted by molar-refractivity contribution is 5.73. The number of carbonyl (C=O) groups excluding carboxylic acids is 1. The predicted octanol–water partition coefficient (Wildman–Crippen LogP) is 3.14. The maximum atomic E-state index is 13.4. The number of halogens is 1. The summed E-state index contributed by atoms with van der Waals surface area (Å²) in [7, 11) is 0. The lowest BCUT2D eigenvalue weighted by Gasteiger charge is -2.39. The molecule has 2 N–H and O–H groups in total. The lowest BCUT2D eigenvalue weighted by molar-refractivity contribution is -0.119. The van der Waals surface area contributed by atoms with Crippen LogP contribution in [-0.4, -0.2) is 37.1 Å². The van der Waals surface area contributed by atoms with Gasteiger partial charge in [-0.05, 0) is 69.2 Å². The first-order chi connectivity index (χ1) is 12.0. The highest BCUT2D eigenvalue weighted by atomic mass is 19.1. The zero-order valence-electron chi connectivity index (χ0n) is 15.4. The molecule has 5 heteroatoms. The summed E-state index contributed by atoms with van der Waals surface area (Å²) in [5.41, 5.74) is 2.17. The molecule has 1 amide bonds. The number of anilines is 1. The van der Waals surface area contributed by atoms with Gasteiger partial charge in [-0.2, -0.15) is 0 Å². The Morgan fingerprint density at radius 1 is 1.12 bits per heavy atom. The summed E-state index contributed by atoms with van der Waals surface area (Å²) in [5.74, 6) is -0.0853. The minimum atomic E-state index is -0.163. The van der Waals surface area contributed by atoms with Crippen LogP contribution in [0.5, 0.6) is 0 Å². The average molecular weight is 347 g/mol. The normalized spacial score (nSPS) is 27.2. The van der Waals surface area contributed by atoms with E-state index in [1.54, 1.807) is 19.1 Å². The second kappa shape index (κ2) is 8.17. The third-order valence-electron chi connectivity index (χ3n) is 5.53. The molecule has 138 valence electrons. The van der Waals surface area contributed by atoms with Crippen molar-refractivity contribution < 1.29 is 9.18 Å². The minimum Gasteiger partial charge on any atom is -0.370 e. The molecule has 0 spiro atoms. The molecule has 1 atom stereocenters. The fourth-order valence-electron chi connectivity index (χ4n) is 4.33. The van der Waals surface area contributed by atoms with Crippen molar-refractivity contribution in [3.05, 3.63) is 29.6 Å². The second-order valence-corrected chi connectivity index (χ2v) is 7.63. The van der Waals surface area contributed by atoms with E-state index < -0.39 is 0 Å². The van der Waals surface area contributed by atoms with Gasteiger partial charge in [0, 0.05) is 43.8 Å². The maximum Gasteiger partial charge on any atom is 0.217 e. The molecule has 1 aliphatic heterocycles. The summed E-state index contributed by atoms with van der Waals surface area (Å²) in [6.45, 7) is 5.61. The van der Waals surface area contributed by atoms with Crippen LogP contribution in [0.15, 0.2) is 18.2 Å². The van der Waals surface area contributed by atoms with E-state index in [1.165, 1.54) is 6.42 Å². The molecular weight excluding hydrogens is 317 g/mol. The number of aryl methyl sites for hydroxylation is 1. The average Bonchev–Trinajstić information content (AvgIpc) is 2.56. The number of hydrogen-bond acceptors (Lipinski definition) is 3. The van der Waals surface area contributed by atoms with E-state index >= 15 is 0 Å². The molecule has 25 heavy (non-hydrogen) atoms. The van der Waals surface area contributed by atoms with Crippen LogP contribution in [-0.2, 0) is 4.79 Å². The molecule has 0 radical (unpaired) electrons. The molecule has 4 nitrogen and oxygen atoms in total. The van der Waals surface area contributed by atoms with Crippen molar-refractivity contribution in [2.45, 2.75) is 70.5 Å². The third-order valence-corrected chi connectivity index (χ3v) is 5.53. The van der Waals surface area contributed by atoms with Gasteiger partial charge in [-0.3, -0.25) is 4.79 Å². The smallest absolute Gasteiger partial charge is 0.217 e. The molecule has 2 aliphatic rings. The van der Waals surface area contributed by atoms with Crippen molar-refractivity contribution >= 4 is 11.6 Å². The predicted molar refractivity (Wildman–Crippen MR) is 99.4 cm³/mol. The van der Waals surface area contributed by atoms with Crippen LogP contribution in [0.4, 0.5) is 10.1 Å². The molecule has 3 rings (SSSR count). The fraction of sp³-hybridized carbons (Fsp3) is 0.650. The summed E-state index contributed by atoms with van der Waals surface area (Å²) in [6, 6.07) is 6.47. The number of amides is 1. The summed E-state index contributed by atoms with van der Waals surface area (Å²) in [4.78, 5) is 13.6. The number of piperidine rings is 1. The second-order valence-electron chi connectivity index (χ2n) is 7.63. The quantitative estimate of drug-likeness (QED) is 0.879. The first-order valence-corrected chi connectivity index (χ1v) is 9.55. The number of benzene rings is 1. The molecule has 1 heterocycles. The molecule has 0 aromatic heterocycles. The van der Waals surface area contributed by atoms with Gasteiger partial charge in [0.05, 0.1) is 0 Å². The van der Waals surface area contributed by atoms with Crippen LogP contribution >= 0.6 is 0 Å². The number of hydrogen-bond donors (Lipinski definition) is 2. The van der Waals surface area contributed by atoms with Crippen LogP contribution in [0.25, 0.3) is 0 Å². The van der Waals surface area contributed by atoms with E-state index in [1.807, 2.05) is 13.0 Å². The van der Waals surface area contributed by atoms with Gasteiger partial charge in [0.25, 0.3) is 0 Å². The van der Waals surface area contributed by atoms with Crippen LogP contribution in [0.2, 0.25) is 0 Å². The molecule has 1 aliphatic carbocycles. The Bertz CT molecular complexity index is 599. The highest BCUT2D eigenvalue weighted by Crippen LogP contribution is 2.26. The highest BCUT2D eigenvalue weighted by Gasteiger charge is 2.26. The van der Waals surface area contributed by atoms with E-state index in [9.17, 15) is 9.18 Å². The van der Waals surface area contributed by atoms with Crippen LogP contribution in [0.1, 0.15) is 51.0 Å². The Morgan fingerprint density at radius 3 is 2.52 bits per heavy atom. The first kappa shape index (κ1) is 18.2. The monoisotopic (exact) mass is 347 g/mol. The van der Waals surface area contributed by atoms with Gasteiger partial charge in [-0.25, -0.2) is 4.39 Å². The largest absolute Gasteiger partial charge is 0.370 e. The Labute approximate surface area is 150 Å². The van der Waals surface area contributed by atoms with E-state index in [-0.39, 0.29) is 11.7 Å². The van der Waals surface area contributed by atoms with Gasteiger partial charge in [-0.1, -0.05) is 0 Å². The number of rotatable bonds is 4. The zero-order valence-corrected chi connectivity index (χ0v) is 15.4. The van der Waals surface area contributed by atoms with Crippen molar-refractivity contribution in [3.63, 3.8) is 0 Å². The lowest BCUT2D eigenvalue weighted by atomic mass is 9.90. The Balaban J connectivity index is 1.51. The van der Waals surface area contributed by atoms with Crippen LogP contribution in [0, 0.1) is 12.7 Å². The van der Waals surface area contributed by atoms with Gasteiger partial charge in [0.1, 0.15) is 5.82 Å². The molecule has 1 saturated carbocycles. The summed E-state index contributed by atoms with van der Waals surface area (Å²) >= 11 is 0. The summed E-state index contributed by atoms with van der Waals surface area (Å²) in [6.07, 6.45) is 6.72. The van der Waals surface area contributed by atoms with Crippen molar-refractivity contribution in [3.8, 4) is 0 Å². The van der Waals surface area contributed by atoms with Crippen molar-refractivity contribution in [1.82, 2.24) is 10.6 Å². The fourth-order valence-corrected chi connectivity index (χ4v) is 4.33. The third kappa shape index (κ3) is 4.94. The molecule has 0 bridgehead atoms. The minimum absolute atomic E-state index is 0.0778. The summed E-state index contributed by atoms with van der Waals surface area (Å²) < 4.78 is 13.4. The Kier molecular flexibility index (Phi) is 5.94. The Hall–Kier alpha value is -1.62. The van der Waals surface area contributed by atoms with Gasteiger partial charge in [0.15, 0.2) is 0 Å². The molecular formula is C20H30FN3O. The van der Waals surface area contributed by atoms with E-state index in [4.69, 9.17) is 0 Å². The van der Waals surface area contributed by atoms with Gasteiger partial charge in [-0.15, -0.1) is 0 Å². The van der Waals surface area contributed by atoms with Crippen molar-refractivity contribution in [2.24, 2.45) is 0 Å². The molecule has 1 saturated heterocycles. The topological polar surface area (TPSA) is 44.4 Å². The van der Waals surface area contributed by atoms with Gasteiger partial charge >= 0.3 is 0 Å². The van der Waals surface area contributed by atoms with Crippen LogP contribution in [0.3, 0.4) is 0 Å². The van der Waals surface area contributed by atoms with E-state index in [0.717, 1.165) is 56.4 Å². The van der Waals surface area contributed by atoms with Crippen LogP contribution < -0.4 is 15.5 Å². The van der Waals surface area contributed by atoms with E-state index in [0.29, 0.717) is 18.1 Å². The van der Waals surface area contributed by atoms with Gasteiger partial charge in [0.2, 0.25) is 5.91 Å². The SMILES string of the molecule is CC(=O)NC1CCC(NC2CCCN(c3ccc(F)cc3C)C2)CC1. The maximum absolute atomic E-state index is 13.4. The molecule has 1 aromatic rings. The zero-order chi connectivity index (χ0) is 17.8. The number of nitrogens with zero attached hydrogens (tertiary/aromatic N) is 1. The van der Waals surface area contributed by atoms with E-state index in [2.05, 4.69) is 15.5 Å². The molecule has 2 fully saturated rings. The standard InChI is InChI=1S/C20H30FN3O/c1-14-12-16(21)5-10-20(14)24-11-3-4-19(13-24)23-18-8-6-17(7-9-18)22-15(2)25/h5,10,12,17-19,23H,3-4,6-9,11,13H2,1-2H3,(H,22,25). The first-order valence-electron chi connectivity index (χ1n) is 9.55. The van der Waals surface area contributed by atoms with Gasteiger partial charge < -0.3 is 15.5 Å². The van der Waals surface area contributed by atoms with Crippen molar-refractivity contribution in [2.75, 3.05) is 18.0 Å². The Morgan fingerprint density at radius 2 is 1.84 bits per heavy atom. The lowest BCUT2D eigenvalue weighted by Crippen LogP contribution is -2.51. The molecule has 1 unspecified atom stereocenters. The molecule has 1 aromatic carbocycles. The van der Waals surface area contributed by atoms with Crippen molar-refractivity contribution in [1.29, 1.82) is 0 Å². The summed E-state index contributed by atoms with van der Waals surface area (Å²) in [5, 5.41) is 6.87. The number of carbonyl (C=O) groups is 1. The number of nitrogens with one attached hydrogen (secondary N) is 2.